The van der Waals surface area contributed by atoms with Gasteiger partial charge in [-0.3, -0.25) is 4.79 Å². The molecule has 0 spiro atoms. The van der Waals surface area contributed by atoms with Crippen molar-refractivity contribution in [3.05, 3.63) is 29.1 Å². The zero-order valence-electron chi connectivity index (χ0n) is 11.9. The predicted octanol–water partition coefficient (Wildman–Crippen LogP) is 2.56. The summed E-state index contributed by atoms with van der Waals surface area (Å²) in [5.74, 6) is -0.924. The number of rotatable bonds is 6. The van der Waals surface area contributed by atoms with E-state index in [4.69, 9.17) is 5.11 Å². The van der Waals surface area contributed by atoms with Crippen LogP contribution in [-0.4, -0.2) is 36.9 Å². The number of thiophene rings is 1. The second kappa shape index (κ2) is 6.13. The molecule has 0 saturated carbocycles. The molecule has 0 unspecified atom stereocenters. The Morgan fingerprint density at radius 2 is 1.95 bits per heavy atom. The SMILES string of the molecule is CCN(CC)S(=O)(=O)c1ccc2scc(CC(=O)O)c2c1. The van der Waals surface area contributed by atoms with Crippen LogP contribution in [-0.2, 0) is 21.2 Å². The number of hydrogen-bond donors (Lipinski definition) is 1. The molecule has 0 amide bonds. The van der Waals surface area contributed by atoms with Gasteiger partial charge in [-0.25, -0.2) is 8.42 Å². The number of benzene rings is 1. The standard InChI is InChI=1S/C14H17NO4S2/c1-3-15(4-2)21(18,19)11-5-6-13-12(8-11)10(9-20-13)7-14(16)17/h5-6,8-9H,3-4,7H2,1-2H3,(H,16,17). The normalized spacial score (nSPS) is 12.1. The van der Waals surface area contributed by atoms with Gasteiger partial charge in [0.25, 0.3) is 0 Å². The van der Waals surface area contributed by atoms with Gasteiger partial charge in [0.1, 0.15) is 0 Å². The van der Waals surface area contributed by atoms with Gasteiger partial charge in [0.2, 0.25) is 10.0 Å². The van der Waals surface area contributed by atoms with Gasteiger partial charge in [0, 0.05) is 17.8 Å². The molecule has 1 heterocycles. The molecule has 1 N–H and O–H groups in total. The first kappa shape index (κ1) is 15.9. The van der Waals surface area contributed by atoms with Gasteiger partial charge in [-0.2, -0.15) is 4.31 Å². The van der Waals surface area contributed by atoms with Crippen LogP contribution in [0.15, 0.2) is 28.5 Å². The molecule has 0 radical (unpaired) electrons. The minimum Gasteiger partial charge on any atom is -0.481 e. The van der Waals surface area contributed by atoms with E-state index in [0.29, 0.717) is 24.0 Å². The summed E-state index contributed by atoms with van der Waals surface area (Å²) in [4.78, 5) is 11.1. The van der Waals surface area contributed by atoms with Crippen molar-refractivity contribution < 1.29 is 18.3 Å². The molecule has 0 bridgehead atoms. The highest BCUT2D eigenvalue weighted by Crippen LogP contribution is 2.29. The van der Waals surface area contributed by atoms with Crippen molar-refractivity contribution in [2.75, 3.05) is 13.1 Å². The van der Waals surface area contributed by atoms with Crippen molar-refractivity contribution in [2.24, 2.45) is 0 Å². The number of hydrogen-bond acceptors (Lipinski definition) is 4. The van der Waals surface area contributed by atoms with Gasteiger partial charge >= 0.3 is 5.97 Å². The Bertz CT molecular complexity index is 760. The maximum absolute atomic E-state index is 12.5. The van der Waals surface area contributed by atoms with Gasteiger partial charge in [-0.1, -0.05) is 13.8 Å². The Morgan fingerprint density at radius 3 is 2.52 bits per heavy atom. The molecule has 2 rings (SSSR count). The van der Waals surface area contributed by atoms with Crippen molar-refractivity contribution in [3.8, 4) is 0 Å². The first-order valence-corrected chi connectivity index (χ1v) is 8.94. The number of aliphatic carboxylic acids is 1. The molecule has 1 aromatic carbocycles. The zero-order valence-corrected chi connectivity index (χ0v) is 13.5. The molecule has 2 aromatic rings. The highest BCUT2D eigenvalue weighted by atomic mass is 32.2. The third-order valence-corrected chi connectivity index (χ3v) is 6.37. The monoisotopic (exact) mass is 327 g/mol. The maximum atomic E-state index is 12.5. The fraction of sp³-hybridized carbons (Fsp3) is 0.357. The number of nitrogens with zero attached hydrogens (tertiary/aromatic N) is 1. The van der Waals surface area contributed by atoms with Crippen LogP contribution in [0.3, 0.4) is 0 Å². The van der Waals surface area contributed by atoms with Crippen molar-refractivity contribution >= 4 is 37.4 Å². The van der Waals surface area contributed by atoms with Crippen LogP contribution in [0, 0.1) is 0 Å². The van der Waals surface area contributed by atoms with Gasteiger partial charge in [-0.15, -0.1) is 11.3 Å². The lowest BCUT2D eigenvalue weighted by atomic mass is 10.1. The minimum absolute atomic E-state index is 0.102. The molecular formula is C14H17NO4S2. The quantitative estimate of drug-likeness (QED) is 0.885. The minimum atomic E-state index is -3.53. The summed E-state index contributed by atoms with van der Waals surface area (Å²) in [6.07, 6.45) is -0.102. The summed E-state index contributed by atoms with van der Waals surface area (Å²) >= 11 is 1.42. The molecule has 114 valence electrons. The summed E-state index contributed by atoms with van der Waals surface area (Å²) in [5, 5.41) is 11.4. The zero-order chi connectivity index (χ0) is 15.6. The number of sulfonamides is 1. The fourth-order valence-electron chi connectivity index (χ4n) is 2.23. The smallest absolute Gasteiger partial charge is 0.307 e. The number of carbonyl (C=O) groups is 1. The first-order valence-electron chi connectivity index (χ1n) is 6.62. The van der Waals surface area contributed by atoms with E-state index in [1.165, 1.54) is 15.6 Å². The largest absolute Gasteiger partial charge is 0.481 e. The number of carboxylic acid groups (broad SMARTS) is 1. The molecule has 7 heteroatoms. The van der Waals surface area contributed by atoms with Crippen LogP contribution < -0.4 is 0 Å². The average molecular weight is 327 g/mol. The molecular weight excluding hydrogens is 310 g/mol. The molecule has 0 fully saturated rings. The van der Waals surface area contributed by atoms with E-state index < -0.39 is 16.0 Å². The highest BCUT2D eigenvalue weighted by Gasteiger charge is 2.22. The van der Waals surface area contributed by atoms with Crippen LogP contribution >= 0.6 is 11.3 Å². The first-order chi connectivity index (χ1) is 9.90. The van der Waals surface area contributed by atoms with E-state index in [1.807, 2.05) is 0 Å². The molecule has 0 aliphatic heterocycles. The van der Waals surface area contributed by atoms with E-state index in [1.54, 1.807) is 37.4 Å². The lowest BCUT2D eigenvalue weighted by Gasteiger charge is -2.18. The Hall–Kier alpha value is -1.44. The molecule has 5 nitrogen and oxygen atoms in total. The van der Waals surface area contributed by atoms with Crippen molar-refractivity contribution in [2.45, 2.75) is 25.2 Å². The van der Waals surface area contributed by atoms with Crippen molar-refractivity contribution in [1.29, 1.82) is 0 Å². The maximum Gasteiger partial charge on any atom is 0.307 e. The lowest BCUT2D eigenvalue weighted by Crippen LogP contribution is -2.30. The predicted molar refractivity (Wildman–Crippen MR) is 83.3 cm³/mol. The third-order valence-electron chi connectivity index (χ3n) is 3.31. The van der Waals surface area contributed by atoms with Crippen molar-refractivity contribution in [3.63, 3.8) is 0 Å². The van der Waals surface area contributed by atoms with Gasteiger partial charge in [0.05, 0.1) is 11.3 Å². The van der Waals surface area contributed by atoms with Crippen molar-refractivity contribution in [1.82, 2.24) is 4.31 Å². The Balaban J connectivity index is 2.54. The highest BCUT2D eigenvalue weighted by molar-refractivity contribution is 7.89. The molecule has 0 atom stereocenters. The Kier molecular flexibility index (Phi) is 4.65. The molecule has 1 aromatic heterocycles. The molecule has 0 aliphatic carbocycles. The lowest BCUT2D eigenvalue weighted by molar-refractivity contribution is -0.136. The summed E-state index contributed by atoms with van der Waals surface area (Å²) in [6.45, 7) is 4.39. The van der Waals surface area contributed by atoms with Crippen LogP contribution in [0.5, 0.6) is 0 Å². The molecule has 0 saturated heterocycles. The summed E-state index contributed by atoms with van der Waals surface area (Å²) in [7, 11) is -3.53. The fourth-order valence-corrected chi connectivity index (χ4v) is 4.66. The topological polar surface area (TPSA) is 74.7 Å². The van der Waals surface area contributed by atoms with Crippen LogP contribution in [0.25, 0.3) is 10.1 Å². The molecule has 21 heavy (non-hydrogen) atoms. The van der Waals surface area contributed by atoms with E-state index in [-0.39, 0.29) is 11.3 Å². The Labute approximate surface area is 127 Å². The van der Waals surface area contributed by atoms with Gasteiger partial charge in [0.15, 0.2) is 0 Å². The summed E-state index contributed by atoms with van der Waals surface area (Å²) < 4.78 is 27.3. The van der Waals surface area contributed by atoms with E-state index in [9.17, 15) is 13.2 Å². The van der Waals surface area contributed by atoms with Gasteiger partial charge < -0.3 is 5.11 Å². The third kappa shape index (κ3) is 3.09. The average Bonchev–Trinajstić information content (AvgIpc) is 2.81. The summed E-state index contributed by atoms with van der Waals surface area (Å²) in [5.41, 5.74) is 0.652. The van der Waals surface area contributed by atoms with Crippen LogP contribution in [0.2, 0.25) is 0 Å². The number of fused-ring (bicyclic) bond motifs is 1. The van der Waals surface area contributed by atoms with Crippen LogP contribution in [0.1, 0.15) is 19.4 Å². The van der Waals surface area contributed by atoms with E-state index in [2.05, 4.69) is 0 Å². The molecule has 0 aliphatic rings. The van der Waals surface area contributed by atoms with Crippen LogP contribution in [0.4, 0.5) is 0 Å². The second-order valence-corrected chi connectivity index (χ2v) is 7.43. The van der Waals surface area contributed by atoms with Gasteiger partial charge in [-0.05, 0) is 34.5 Å². The van der Waals surface area contributed by atoms with E-state index >= 15 is 0 Å². The Morgan fingerprint density at radius 1 is 1.29 bits per heavy atom. The summed E-state index contributed by atoms with van der Waals surface area (Å²) in [6, 6.07) is 4.90. The van der Waals surface area contributed by atoms with E-state index in [0.717, 1.165) is 4.70 Å². The second-order valence-electron chi connectivity index (χ2n) is 4.58. The number of carboxylic acids is 1.